The number of nitrogens with zero attached hydrogens (tertiary/aromatic N) is 4. The third-order valence-electron chi connectivity index (χ3n) is 4.49. The lowest BCUT2D eigenvalue weighted by atomic mass is 10.1. The molecule has 0 fully saturated rings. The number of aryl methyl sites for hydroxylation is 1. The summed E-state index contributed by atoms with van der Waals surface area (Å²) in [4.78, 5) is 3.66. The van der Waals surface area contributed by atoms with Crippen LogP contribution in [-0.2, 0) is 0 Å². The molecule has 0 N–H and O–H groups in total. The summed E-state index contributed by atoms with van der Waals surface area (Å²) in [5.41, 5.74) is 5.05. The molecule has 0 radical (unpaired) electrons. The van der Waals surface area contributed by atoms with Gasteiger partial charge in [0.15, 0.2) is 5.70 Å². The zero-order valence-corrected chi connectivity index (χ0v) is 15.7. The molecule has 1 aromatic heterocycles. The van der Waals surface area contributed by atoms with Crippen molar-refractivity contribution < 1.29 is 4.80 Å². The van der Waals surface area contributed by atoms with Crippen LogP contribution >= 0.6 is 0 Å². The van der Waals surface area contributed by atoms with Crippen molar-refractivity contribution in [3.8, 4) is 17.1 Å². The molecule has 0 bridgehead atoms. The molecule has 28 heavy (non-hydrogen) atoms. The van der Waals surface area contributed by atoms with Gasteiger partial charge in [0, 0.05) is 10.4 Å². The predicted molar refractivity (Wildman–Crippen MR) is 112 cm³/mol. The highest BCUT2D eigenvalue weighted by atomic mass is 15.7. The van der Waals surface area contributed by atoms with Gasteiger partial charge in [-0.1, -0.05) is 73.3 Å². The average molecular weight is 365 g/mol. The summed E-state index contributed by atoms with van der Waals surface area (Å²) in [5.74, 6) is 0.660. The van der Waals surface area contributed by atoms with Crippen molar-refractivity contribution in [3.05, 3.63) is 115 Å². The van der Waals surface area contributed by atoms with Gasteiger partial charge in [-0.2, -0.15) is 0 Å². The summed E-state index contributed by atoms with van der Waals surface area (Å²) in [6, 6.07) is 28.3. The van der Waals surface area contributed by atoms with Crippen LogP contribution in [0.3, 0.4) is 0 Å². The molecular weight excluding hydrogens is 344 g/mol. The second-order valence-electron chi connectivity index (χ2n) is 6.41. The summed E-state index contributed by atoms with van der Waals surface area (Å²) in [6.07, 6.45) is 3.74. The highest BCUT2D eigenvalue weighted by molar-refractivity contribution is 5.62. The maximum absolute atomic E-state index is 4.85. The van der Waals surface area contributed by atoms with E-state index in [9.17, 15) is 0 Å². The monoisotopic (exact) mass is 365 g/mol. The van der Waals surface area contributed by atoms with E-state index >= 15 is 0 Å². The van der Waals surface area contributed by atoms with Crippen molar-refractivity contribution in [1.82, 2.24) is 15.0 Å². The minimum absolute atomic E-state index is 0.660. The first kappa shape index (κ1) is 17.6. The lowest BCUT2D eigenvalue weighted by molar-refractivity contribution is -0.720. The SMILES string of the molecule is C=C/C=C(\c1ccccc1C)[n+]1nc(-c2ccccc2)nn1-c1ccccc1. The Morgan fingerprint density at radius 3 is 2.21 bits per heavy atom. The number of hydrogen-bond acceptors (Lipinski definition) is 2. The van der Waals surface area contributed by atoms with Gasteiger partial charge >= 0.3 is 5.82 Å². The number of aromatic nitrogens is 4. The lowest BCUT2D eigenvalue weighted by Gasteiger charge is -2.07. The fourth-order valence-corrected chi connectivity index (χ4v) is 3.11. The second kappa shape index (κ2) is 7.84. The van der Waals surface area contributed by atoms with Gasteiger partial charge < -0.3 is 0 Å². The summed E-state index contributed by atoms with van der Waals surface area (Å²) in [7, 11) is 0. The molecular formula is C24H21N4+. The van der Waals surface area contributed by atoms with E-state index in [0.717, 1.165) is 28.1 Å². The topological polar surface area (TPSA) is 34.6 Å². The maximum Gasteiger partial charge on any atom is 0.340 e. The van der Waals surface area contributed by atoms with E-state index in [4.69, 9.17) is 10.2 Å². The number of tetrazole rings is 1. The summed E-state index contributed by atoms with van der Waals surface area (Å²) >= 11 is 0. The van der Waals surface area contributed by atoms with Crippen molar-refractivity contribution in [3.63, 3.8) is 0 Å². The molecule has 0 saturated carbocycles. The van der Waals surface area contributed by atoms with Crippen molar-refractivity contribution in [2.24, 2.45) is 0 Å². The highest BCUT2D eigenvalue weighted by Gasteiger charge is 2.26. The van der Waals surface area contributed by atoms with E-state index in [0.29, 0.717) is 5.82 Å². The van der Waals surface area contributed by atoms with Crippen molar-refractivity contribution in [2.75, 3.05) is 0 Å². The van der Waals surface area contributed by atoms with Crippen LogP contribution in [0.25, 0.3) is 22.8 Å². The Labute approximate surface area is 164 Å². The zero-order valence-electron chi connectivity index (χ0n) is 15.7. The number of para-hydroxylation sites is 1. The Balaban J connectivity index is 1.96. The van der Waals surface area contributed by atoms with Crippen LogP contribution in [0.15, 0.2) is 104 Å². The molecule has 0 atom stereocenters. The van der Waals surface area contributed by atoms with Gasteiger partial charge in [-0.05, 0) is 52.7 Å². The first-order valence-electron chi connectivity index (χ1n) is 9.17. The minimum Gasteiger partial charge on any atom is -0.0989 e. The van der Waals surface area contributed by atoms with E-state index in [-0.39, 0.29) is 0 Å². The maximum atomic E-state index is 4.85. The third kappa shape index (κ3) is 3.40. The second-order valence-corrected chi connectivity index (χ2v) is 6.41. The third-order valence-corrected chi connectivity index (χ3v) is 4.49. The summed E-state index contributed by atoms with van der Waals surface area (Å²) in [6.45, 7) is 5.99. The Hall–Kier alpha value is -3.79. The molecule has 0 aliphatic rings. The molecule has 4 rings (SSSR count). The quantitative estimate of drug-likeness (QED) is 0.382. The van der Waals surface area contributed by atoms with E-state index in [1.54, 1.807) is 6.08 Å². The van der Waals surface area contributed by atoms with Crippen molar-refractivity contribution >= 4 is 5.70 Å². The molecule has 0 unspecified atom stereocenters. The van der Waals surface area contributed by atoms with Crippen LogP contribution in [0.1, 0.15) is 11.1 Å². The standard InChI is InChI=1S/C24H21N4/c1-3-12-23(22-18-11-10-13-19(22)2)28-26-24(20-14-6-4-7-15-20)25-27(28)21-16-8-5-9-17-21/h3-18H,1H2,2H3/q+1/b23-12+. The molecule has 3 aromatic carbocycles. The number of rotatable bonds is 5. The average Bonchev–Trinajstić information content (AvgIpc) is 3.19. The van der Waals surface area contributed by atoms with Crippen LogP contribution in [0, 0.1) is 6.92 Å². The van der Waals surface area contributed by atoms with E-state index in [1.165, 1.54) is 0 Å². The first-order valence-corrected chi connectivity index (χ1v) is 9.17. The molecule has 136 valence electrons. The van der Waals surface area contributed by atoms with Gasteiger partial charge in [-0.3, -0.25) is 0 Å². The molecule has 0 spiro atoms. The number of allylic oxidation sites excluding steroid dienone is 2. The molecule has 4 heteroatoms. The molecule has 1 heterocycles. The summed E-state index contributed by atoms with van der Waals surface area (Å²) in [5, 5.41) is 9.65. The largest absolute Gasteiger partial charge is 0.340 e. The highest BCUT2D eigenvalue weighted by Crippen LogP contribution is 2.19. The van der Waals surface area contributed by atoms with Gasteiger partial charge in [0.25, 0.3) is 0 Å². The summed E-state index contributed by atoms with van der Waals surface area (Å²) < 4.78 is 0. The van der Waals surface area contributed by atoms with E-state index in [1.807, 2.05) is 88.5 Å². The van der Waals surface area contributed by atoms with Crippen molar-refractivity contribution in [2.45, 2.75) is 6.92 Å². The normalized spacial score (nSPS) is 11.4. The van der Waals surface area contributed by atoms with Gasteiger partial charge in [0.2, 0.25) is 0 Å². The van der Waals surface area contributed by atoms with Crippen LogP contribution in [0.4, 0.5) is 0 Å². The Morgan fingerprint density at radius 2 is 1.54 bits per heavy atom. The molecule has 0 amide bonds. The number of hydrogen-bond donors (Lipinski definition) is 0. The number of benzene rings is 3. The molecule has 0 aliphatic carbocycles. The lowest BCUT2D eigenvalue weighted by Crippen LogP contribution is -2.45. The smallest absolute Gasteiger partial charge is 0.0989 e. The Morgan fingerprint density at radius 1 is 0.893 bits per heavy atom. The first-order chi connectivity index (χ1) is 13.8. The van der Waals surface area contributed by atoms with Crippen LogP contribution in [0.5, 0.6) is 0 Å². The Bertz CT molecular complexity index is 1130. The van der Waals surface area contributed by atoms with E-state index < -0.39 is 0 Å². The van der Waals surface area contributed by atoms with Gasteiger partial charge in [-0.15, -0.1) is 0 Å². The van der Waals surface area contributed by atoms with Crippen LogP contribution in [-0.4, -0.2) is 15.0 Å². The molecule has 0 aliphatic heterocycles. The fourth-order valence-electron chi connectivity index (χ4n) is 3.11. The van der Waals surface area contributed by atoms with Crippen LogP contribution in [0.2, 0.25) is 0 Å². The van der Waals surface area contributed by atoms with Crippen molar-refractivity contribution in [1.29, 1.82) is 0 Å². The van der Waals surface area contributed by atoms with E-state index in [2.05, 4.69) is 25.6 Å². The molecule has 4 nitrogen and oxygen atoms in total. The molecule has 4 aromatic rings. The zero-order chi connectivity index (χ0) is 19.3. The fraction of sp³-hybridized carbons (Fsp3) is 0.0417. The van der Waals surface area contributed by atoms with Gasteiger partial charge in [0.05, 0.1) is 10.7 Å². The predicted octanol–water partition coefficient (Wildman–Crippen LogP) is 4.61. The minimum atomic E-state index is 0.660. The molecule has 0 saturated heterocycles. The van der Waals surface area contributed by atoms with Crippen LogP contribution < -0.4 is 4.80 Å². The van der Waals surface area contributed by atoms with Gasteiger partial charge in [0.1, 0.15) is 5.69 Å². The Kier molecular flexibility index (Phi) is 4.93. The van der Waals surface area contributed by atoms with Gasteiger partial charge in [-0.25, -0.2) is 0 Å².